The molecule has 0 aliphatic rings. The maximum atomic E-state index is 8.96. The monoisotopic (exact) mass is 440 g/mol. The number of nitrogens with one attached hydrogen (secondary N) is 6. The molecule has 0 aliphatic heterocycles. The molecule has 0 amide bonds. The maximum Gasteiger partial charge on any atom is 0.178 e. The lowest BCUT2D eigenvalue weighted by Gasteiger charge is -2.30. The van der Waals surface area contributed by atoms with E-state index in [2.05, 4.69) is 73.4 Å². The van der Waals surface area contributed by atoms with E-state index in [9.17, 15) is 0 Å². The van der Waals surface area contributed by atoms with Gasteiger partial charge >= 0.3 is 0 Å². The molecule has 0 radical (unpaired) electrons. The first-order chi connectivity index (χ1) is 13.5. The first kappa shape index (κ1) is 27.0. The highest BCUT2D eigenvalue weighted by atomic mass is 32.1. The van der Waals surface area contributed by atoms with Gasteiger partial charge in [0.2, 0.25) is 0 Å². The smallest absolute Gasteiger partial charge is 0.178 e. The van der Waals surface area contributed by atoms with Gasteiger partial charge < -0.3 is 31.9 Å². The van der Waals surface area contributed by atoms with Gasteiger partial charge in [-0.25, -0.2) is 0 Å². The molecule has 29 heavy (non-hydrogen) atoms. The molecule has 0 saturated carbocycles. The van der Waals surface area contributed by atoms with Crippen molar-refractivity contribution in [3.63, 3.8) is 0 Å². The zero-order valence-corrected chi connectivity index (χ0v) is 20.0. The molecule has 164 valence electrons. The second-order valence-electron chi connectivity index (χ2n) is 8.54. The van der Waals surface area contributed by atoms with Gasteiger partial charge in [-0.15, -0.1) is 0 Å². The van der Waals surface area contributed by atoms with Crippen LogP contribution in [0.25, 0.3) is 0 Å². The molecule has 0 spiro atoms. The Balaban J connectivity index is 4.47. The molecule has 0 aromatic heterocycles. The van der Waals surface area contributed by atoms with Crippen molar-refractivity contribution in [3.8, 4) is 12.4 Å². The number of rotatable bonds is 12. The van der Waals surface area contributed by atoms with E-state index in [4.69, 9.17) is 35.0 Å². The van der Waals surface area contributed by atoms with Crippen LogP contribution < -0.4 is 31.9 Å². The van der Waals surface area contributed by atoms with Crippen LogP contribution in [0, 0.1) is 33.7 Å². The molecular formula is C19H36N8S2. The highest BCUT2D eigenvalue weighted by Crippen LogP contribution is 2.26. The predicted octanol–water partition coefficient (Wildman–Crippen LogP) is 2.32. The van der Waals surface area contributed by atoms with Crippen LogP contribution in [-0.4, -0.2) is 29.2 Å². The Morgan fingerprint density at radius 1 is 0.793 bits per heavy atom. The standard InChI is InChI=1S/C19H36N8S2/c1-7-18(3,4)9-14(22-11-20)26-16(28)24-13-25-17(29)27-15(23-12-21)10-19(5,6)8-2/h14-15,22-23H,7-10,13H2,1-6H3,(H2,24,26,28)(H2,25,27,29). The second-order valence-corrected chi connectivity index (χ2v) is 9.35. The fourth-order valence-corrected chi connectivity index (χ4v) is 2.88. The summed E-state index contributed by atoms with van der Waals surface area (Å²) in [5.74, 6) is 0. The average molecular weight is 441 g/mol. The van der Waals surface area contributed by atoms with E-state index in [0.717, 1.165) is 25.7 Å². The van der Waals surface area contributed by atoms with Crippen molar-refractivity contribution in [1.29, 1.82) is 10.5 Å². The van der Waals surface area contributed by atoms with Gasteiger partial charge in [-0.2, -0.15) is 10.5 Å². The van der Waals surface area contributed by atoms with E-state index in [0.29, 0.717) is 16.9 Å². The minimum atomic E-state index is -0.250. The van der Waals surface area contributed by atoms with Crippen molar-refractivity contribution < 1.29 is 0 Å². The molecule has 0 heterocycles. The molecule has 0 aliphatic carbocycles. The van der Waals surface area contributed by atoms with E-state index in [1.807, 2.05) is 12.4 Å². The van der Waals surface area contributed by atoms with Crippen molar-refractivity contribution >= 4 is 34.7 Å². The SMILES string of the molecule is CCC(C)(C)CC(NC#N)NC(=S)NCNC(=S)NC(CC(C)(C)CC)NC#N. The summed E-state index contributed by atoms with van der Waals surface area (Å²) in [4.78, 5) is 0. The molecule has 6 N–H and O–H groups in total. The molecule has 0 aromatic carbocycles. The van der Waals surface area contributed by atoms with Gasteiger partial charge in [0.15, 0.2) is 22.6 Å². The van der Waals surface area contributed by atoms with Crippen LogP contribution in [0.15, 0.2) is 0 Å². The fourth-order valence-electron chi connectivity index (χ4n) is 2.45. The minimum absolute atomic E-state index is 0.0793. The molecule has 8 nitrogen and oxygen atoms in total. The van der Waals surface area contributed by atoms with Gasteiger partial charge in [-0.3, -0.25) is 0 Å². The summed E-state index contributed by atoms with van der Waals surface area (Å²) in [5.41, 5.74) is 0.159. The molecule has 10 heteroatoms. The molecule has 0 saturated heterocycles. The first-order valence-corrected chi connectivity index (χ1v) is 10.7. The van der Waals surface area contributed by atoms with Gasteiger partial charge in [0.25, 0.3) is 0 Å². The van der Waals surface area contributed by atoms with Crippen molar-refractivity contribution in [3.05, 3.63) is 0 Å². The Bertz CT molecular complexity index is 554. The van der Waals surface area contributed by atoms with Crippen LogP contribution in [0.2, 0.25) is 0 Å². The van der Waals surface area contributed by atoms with Crippen LogP contribution in [0.5, 0.6) is 0 Å². The summed E-state index contributed by atoms with van der Waals surface area (Å²) < 4.78 is 0. The number of hydrogen-bond acceptors (Lipinski definition) is 6. The number of nitriles is 2. The average Bonchev–Trinajstić information content (AvgIpc) is 2.61. The van der Waals surface area contributed by atoms with E-state index in [1.54, 1.807) is 0 Å². The largest absolute Gasteiger partial charge is 0.345 e. The lowest BCUT2D eigenvalue weighted by molar-refractivity contribution is 0.273. The van der Waals surface area contributed by atoms with E-state index < -0.39 is 0 Å². The Labute approximate surface area is 186 Å². The third-order valence-corrected chi connectivity index (χ3v) is 5.54. The Kier molecular flexibility index (Phi) is 12.3. The second kappa shape index (κ2) is 13.2. The molecule has 2 atom stereocenters. The minimum Gasteiger partial charge on any atom is -0.345 e. The van der Waals surface area contributed by atoms with E-state index in [1.165, 1.54) is 0 Å². The summed E-state index contributed by atoms with van der Waals surface area (Å²) in [5, 5.41) is 36.5. The number of nitrogens with zero attached hydrogens (tertiary/aromatic N) is 2. The Hall–Kier alpha value is -2.04. The first-order valence-electron chi connectivity index (χ1n) is 9.86. The van der Waals surface area contributed by atoms with Crippen molar-refractivity contribution in [2.75, 3.05) is 6.67 Å². The van der Waals surface area contributed by atoms with Gasteiger partial charge in [-0.05, 0) is 48.1 Å². The summed E-state index contributed by atoms with van der Waals surface area (Å²) in [6, 6.07) is 0. The predicted molar refractivity (Wildman–Crippen MR) is 125 cm³/mol. The van der Waals surface area contributed by atoms with Gasteiger partial charge in [0.1, 0.15) is 12.3 Å². The van der Waals surface area contributed by atoms with Crippen LogP contribution in [0.4, 0.5) is 0 Å². The molecule has 0 rings (SSSR count). The maximum absolute atomic E-state index is 8.96. The molecule has 0 aromatic rings. The van der Waals surface area contributed by atoms with Gasteiger partial charge in [0.05, 0.1) is 6.67 Å². The van der Waals surface area contributed by atoms with Gasteiger partial charge in [-0.1, -0.05) is 54.4 Å². The van der Waals surface area contributed by atoms with Crippen molar-refractivity contribution in [2.24, 2.45) is 10.8 Å². The Morgan fingerprint density at radius 3 is 1.41 bits per heavy atom. The fraction of sp³-hybridized carbons (Fsp3) is 0.789. The van der Waals surface area contributed by atoms with Crippen molar-refractivity contribution in [2.45, 2.75) is 79.6 Å². The van der Waals surface area contributed by atoms with Gasteiger partial charge in [0, 0.05) is 0 Å². The summed E-state index contributed by atoms with van der Waals surface area (Å²) >= 11 is 10.6. The summed E-state index contributed by atoms with van der Waals surface area (Å²) in [6.45, 7) is 13.1. The highest BCUT2D eigenvalue weighted by Gasteiger charge is 2.23. The molecule has 2 unspecified atom stereocenters. The zero-order valence-electron chi connectivity index (χ0n) is 18.4. The zero-order chi connectivity index (χ0) is 22.5. The third-order valence-electron chi connectivity index (χ3n) is 5.01. The van der Waals surface area contributed by atoms with Crippen LogP contribution in [-0.2, 0) is 0 Å². The van der Waals surface area contributed by atoms with Crippen LogP contribution >= 0.6 is 24.4 Å². The third kappa shape index (κ3) is 12.9. The van der Waals surface area contributed by atoms with E-state index in [-0.39, 0.29) is 23.2 Å². The topological polar surface area (TPSA) is 120 Å². The quantitative estimate of drug-likeness (QED) is 0.117. The van der Waals surface area contributed by atoms with Crippen LogP contribution in [0.3, 0.4) is 0 Å². The highest BCUT2D eigenvalue weighted by molar-refractivity contribution is 7.80. The lowest BCUT2D eigenvalue weighted by atomic mass is 9.85. The summed E-state index contributed by atoms with van der Waals surface area (Å²) in [7, 11) is 0. The summed E-state index contributed by atoms with van der Waals surface area (Å²) in [6.07, 6.45) is 6.93. The van der Waals surface area contributed by atoms with Crippen molar-refractivity contribution in [1.82, 2.24) is 31.9 Å². The lowest BCUT2D eigenvalue weighted by Crippen LogP contribution is -2.54. The number of thiocarbonyl (C=S) groups is 2. The Morgan fingerprint density at radius 2 is 1.14 bits per heavy atom. The van der Waals surface area contributed by atoms with E-state index >= 15 is 0 Å². The molecule has 0 fully saturated rings. The van der Waals surface area contributed by atoms with Crippen LogP contribution in [0.1, 0.15) is 67.2 Å². The molecule has 0 bridgehead atoms. The number of hydrogen-bond donors (Lipinski definition) is 6. The molecular weight excluding hydrogens is 404 g/mol. The normalized spacial score (nSPS) is 13.1.